The fourth-order valence-corrected chi connectivity index (χ4v) is 7.94. The number of fused-ring (bicyclic) bond motifs is 6. The summed E-state index contributed by atoms with van der Waals surface area (Å²) in [6, 6.07) is 5.35. The summed E-state index contributed by atoms with van der Waals surface area (Å²) in [4.78, 5) is 50.3. The number of carboxylic acid groups (broad SMARTS) is 1. The molecular formula is C33H28O15. The number of carboxylic acids is 1. The van der Waals surface area contributed by atoms with Gasteiger partial charge in [-0.3, -0.25) is 19.2 Å². The molecule has 15 heteroatoms. The zero-order valence-electron chi connectivity index (χ0n) is 25.7. The van der Waals surface area contributed by atoms with Crippen LogP contribution in [0.25, 0.3) is 22.6 Å². The minimum atomic E-state index is -1.87. The van der Waals surface area contributed by atoms with Crippen LogP contribution in [-0.2, 0) is 33.4 Å². The number of benzene rings is 2. The number of carbonyl (C=O) groups is 4. The van der Waals surface area contributed by atoms with Gasteiger partial charge in [-0.2, -0.15) is 0 Å². The van der Waals surface area contributed by atoms with Gasteiger partial charge in [0.25, 0.3) is 0 Å². The van der Waals surface area contributed by atoms with Gasteiger partial charge in [0.15, 0.2) is 41.1 Å². The highest BCUT2D eigenvalue weighted by Crippen LogP contribution is 2.61. The monoisotopic (exact) mass is 664 g/mol. The quantitative estimate of drug-likeness (QED) is 0.155. The number of hydrogen-bond donors (Lipinski definition) is 6. The molecule has 0 aromatic heterocycles. The van der Waals surface area contributed by atoms with E-state index < -0.39 is 99.8 Å². The number of phenolic OH excluding ortho intramolecular Hbond substituents is 2. The summed E-state index contributed by atoms with van der Waals surface area (Å²) < 4.78 is 28.7. The summed E-state index contributed by atoms with van der Waals surface area (Å²) in [7, 11) is 0. The van der Waals surface area contributed by atoms with Crippen LogP contribution in [0.5, 0.6) is 23.0 Å². The molecule has 8 rings (SSSR count). The van der Waals surface area contributed by atoms with Crippen LogP contribution in [0.2, 0.25) is 0 Å². The van der Waals surface area contributed by atoms with Crippen molar-refractivity contribution in [2.45, 2.75) is 80.9 Å². The summed E-state index contributed by atoms with van der Waals surface area (Å²) >= 11 is 0. The normalized spacial score (nSPS) is 36.7. The predicted octanol–water partition coefficient (Wildman–Crippen LogP) is 1.83. The Kier molecular flexibility index (Phi) is 5.58. The molecule has 0 bridgehead atoms. The second-order valence-corrected chi connectivity index (χ2v) is 13.5. The molecule has 0 radical (unpaired) electrons. The highest BCUT2D eigenvalue weighted by Gasteiger charge is 2.76. The summed E-state index contributed by atoms with van der Waals surface area (Å²) in [5.41, 5.74) is -7.63. The molecule has 0 amide bonds. The maximum atomic E-state index is 13.5. The number of hydrogen-bond acceptors (Lipinski definition) is 14. The molecule has 4 heterocycles. The molecule has 48 heavy (non-hydrogen) atoms. The molecule has 6 N–H and O–H groups in total. The molecule has 8 atom stereocenters. The first-order chi connectivity index (χ1) is 22.4. The molecule has 0 spiro atoms. The molecule has 250 valence electrons. The first kappa shape index (κ1) is 30.2. The third-order valence-corrected chi connectivity index (χ3v) is 10.4. The van der Waals surface area contributed by atoms with E-state index in [0.717, 1.165) is 0 Å². The van der Waals surface area contributed by atoms with E-state index in [4.69, 9.17) is 28.8 Å². The Morgan fingerprint density at radius 1 is 0.750 bits per heavy atom. The van der Waals surface area contributed by atoms with E-state index in [2.05, 4.69) is 0 Å². The number of ketones is 2. The van der Waals surface area contributed by atoms with Gasteiger partial charge in [0.05, 0.1) is 11.1 Å². The van der Waals surface area contributed by atoms with Gasteiger partial charge in [0.2, 0.25) is 0 Å². The number of carbonyl (C=O) groups excluding carboxylic acids is 3. The highest BCUT2D eigenvalue weighted by molar-refractivity contribution is 6.12. The number of ether oxygens (including phenoxy) is 5. The van der Waals surface area contributed by atoms with Gasteiger partial charge < -0.3 is 54.3 Å². The van der Waals surface area contributed by atoms with Crippen molar-refractivity contribution < 1.29 is 73.5 Å². The first-order valence-corrected chi connectivity index (χ1v) is 14.9. The second-order valence-electron chi connectivity index (χ2n) is 13.5. The zero-order valence-corrected chi connectivity index (χ0v) is 25.7. The van der Waals surface area contributed by atoms with Crippen LogP contribution < -0.4 is 9.47 Å². The van der Waals surface area contributed by atoms with E-state index in [0.29, 0.717) is 0 Å². The van der Waals surface area contributed by atoms with Crippen LogP contribution in [0.1, 0.15) is 45.2 Å². The molecule has 4 aliphatic heterocycles. The van der Waals surface area contributed by atoms with Crippen LogP contribution in [0, 0.1) is 0 Å². The van der Waals surface area contributed by atoms with Crippen molar-refractivity contribution in [3.63, 3.8) is 0 Å². The molecule has 2 aromatic rings. The Bertz CT molecular complexity index is 2030. The molecule has 2 saturated carbocycles. The van der Waals surface area contributed by atoms with E-state index in [1.807, 2.05) is 0 Å². The summed E-state index contributed by atoms with van der Waals surface area (Å²) in [5.74, 6) is -6.75. The standard InChI is InChI=1S/C33H28O15/c1-30-18(24(41)26-32(3,47-26)28(30)43)22(39)16-12(45-30)7-5-10(20(16)37)11-6-8-13-17(21(11)38)23(40)19-25(42)27-33(4,48-27)29(31(19,2)46-13)44-15(36)9-14(34)35/h5-8,26-29,37-40,43H,9H2,1-4H3,(H,34,35). The number of phenols is 2. The third kappa shape index (κ3) is 3.47. The molecule has 2 aromatic carbocycles. The van der Waals surface area contributed by atoms with Crippen molar-refractivity contribution in [2.24, 2.45) is 0 Å². The summed E-state index contributed by atoms with van der Waals surface area (Å²) in [6.07, 6.45) is -5.87. The number of aliphatic hydroxyl groups excluding tert-OH is 3. The number of aromatic hydroxyl groups is 2. The number of aliphatic hydroxyl groups is 3. The largest absolute Gasteiger partial charge is 0.506 e. The zero-order chi connectivity index (χ0) is 34.6. The molecular weight excluding hydrogens is 636 g/mol. The lowest BCUT2D eigenvalue weighted by atomic mass is 9.70. The molecule has 8 unspecified atom stereocenters. The van der Waals surface area contributed by atoms with Crippen molar-refractivity contribution in [3.05, 3.63) is 46.5 Å². The van der Waals surface area contributed by atoms with E-state index in [1.54, 1.807) is 6.92 Å². The van der Waals surface area contributed by atoms with E-state index in [1.165, 1.54) is 45.0 Å². The van der Waals surface area contributed by atoms with E-state index in [-0.39, 0.29) is 44.9 Å². The van der Waals surface area contributed by atoms with E-state index >= 15 is 0 Å². The van der Waals surface area contributed by atoms with Crippen LogP contribution in [0.4, 0.5) is 0 Å². The summed E-state index contributed by atoms with van der Waals surface area (Å²) in [5, 5.41) is 66.0. The lowest BCUT2D eigenvalue weighted by Crippen LogP contribution is -2.62. The molecule has 6 aliphatic rings. The van der Waals surface area contributed by atoms with Gasteiger partial charge in [-0.1, -0.05) is 0 Å². The molecule has 2 saturated heterocycles. The van der Waals surface area contributed by atoms with Gasteiger partial charge in [-0.05, 0) is 52.0 Å². The summed E-state index contributed by atoms with van der Waals surface area (Å²) in [6.45, 7) is 5.83. The maximum Gasteiger partial charge on any atom is 0.317 e. The van der Waals surface area contributed by atoms with Crippen LogP contribution >= 0.6 is 0 Å². The Balaban J connectivity index is 1.23. The van der Waals surface area contributed by atoms with Crippen LogP contribution in [0.3, 0.4) is 0 Å². The van der Waals surface area contributed by atoms with Crippen molar-refractivity contribution in [1.82, 2.24) is 0 Å². The van der Waals surface area contributed by atoms with Crippen molar-refractivity contribution >= 4 is 35.0 Å². The molecule has 4 fully saturated rings. The van der Waals surface area contributed by atoms with Crippen molar-refractivity contribution in [1.29, 1.82) is 0 Å². The molecule has 15 nitrogen and oxygen atoms in total. The lowest BCUT2D eigenvalue weighted by Gasteiger charge is -2.45. The maximum absolute atomic E-state index is 13.5. The number of Topliss-reactive ketones (excluding diaryl/α,β-unsaturated/α-hetero) is 2. The minimum Gasteiger partial charge on any atom is -0.506 e. The minimum absolute atomic E-state index is 0.0696. The highest BCUT2D eigenvalue weighted by atomic mass is 16.7. The Morgan fingerprint density at radius 2 is 1.21 bits per heavy atom. The third-order valence-electron chi connectivity index (χ3n) is 10.4. The average Bonchev–Trinajstić information content (AvgIpc) is 3.89. The van der Waals surface area contributed by atoms with Gasteiger partial charge in [-0.25, -0.2) is 0 Å². The van der Waals surface area contributed by atoms with Crippen LogP contribution in [-0.4, -0.2) is 101 Å². The van der Waals surface area contributed by atoms with Crippen molar-refractivity contribution in [3.8, 4) is 34.1 Å². The lowest BCUT2D eigenvalue weighted by molar-refractivity contribution is -0.170. The Morgan fingerprint density at radius 3 is 1.73 bits per heavy atom. The number of epoxide rings is 2. The van der Waals surface area contributed by atoms with Gasteiger partial charge in [0, 0.05) is 11.1 Å². The number of aliphatic carboxylic acids is 1. The number of esters is 1. The van der Waals surface area contributed by atoms with E-state index in [9.17, 15) is 44.7 Å². The second kappa shape index (κ2) is 8.86. The fraction of sp³-hybridized carbons (Fsp3) is 0.394. The van der Waals surface area contributed by atoms with Crippen molar-refractivity contribution in [2.75, 3.05) is 0 Å². The smallest absolute Gasteiger partial charge is 0.317 e. The van der Waals surface area contributed by atoms with Gasteiger partial charge >= 0.3 is 11.9 Å². The SMILES string of the molecule is CC12Oc3ccc(-c4ccc5c(c4O)C(O)=C4C(=O)C6OC6(C)C(OC(=O)CC(=O)O)C4(C)O5)c(O)c3C(O)=C1C(=O)C1OC1(C)C2O. The Hall–Kier alpha value is -5.12. The fourth-order valence-electron chi connectivity index (χ4n) is 7.94. The predicted molar refractivity (Wildman–Crippen MR) is 157 cm³/mol. The van der Waals surface area contributed by atoms with Crippen LogP contribution in [0.15, 0.2) is 35.4 Å². The Labute approximate surface area is 270 Å². The average molecular weight is 665 g/mol. The first-order valence-electron chi connectivity index (χ1n) is 14.9. The van der Waals surface area contributed by atoms with Gasteiger partial charge in [-0.15, -0.1) is 0 Å². The molecule has 2 aliphatic carbocycles. The topological polar surface area (TPSA) is 242 Å². The number of rotatable bonds is 4. The van der Waals surface area contributed by atoms with Gasteiger partial charge in [0.1, 0.15) is 69.4 Å².